The Labute approximate surface area is 150 Å². The zero-order valence-electron chi connectivity index (χ0n) is 13.6. The lowest BCUT2D eigenvalue weighted by Gasteiger charge is -2.19. The zero-order chi connectivity index (χ0) is 17.2. The van der Waals surface area contributed by atoms with E-state index in [0.717, 1.165) is 33.8 Å². The van der Waals surface area contributed by atoms with Crippen LogP contribution in [0.2, 0.25) is 0 Å². The van der Waals surface area contributed by atoms with Crippen molar-refractivity contribution >= 4 is 12.2 Å². The van der Waals surface area contributed by atoms with E-state index in [1.54, 1.807) is 19.2 Å². The lowest BCUT2D eigenvalue weighted by Crippen LogP contribution is -2.13. The fraction of sp³-hybridized carbons (Fsp3) is 0.100. The van der Waals surface area contributed by atoms with E-state index in [9.17, 15) is 4.39 Å². The first-order valence-electron chi connectivity index (χ1n) is 7.89. The molecule has 0 bridgehead atoms. The molecule has 3 aromatic carbocycles. The molecule has 0 unspecified atom stereocenters. The summed E-state index contributed by atoms with van der Waals surface area (Å²) >= 11 is 1.17. The van der Waals surface area contributed by atoms with Crippen molar-refractivity contribution in [1.29, 1.82) is 0 Å². The molecule has 3 nitrogen and oxygen atoms in total. The summed E-state index contributed by atoms with van der Waals surface area (Å²) in [6, 6.07) is 18.7. The van der Waals surface area contributed by atoms with Gasteiger partial charge in [0, 0.05) is 23.2 Å². The number of nitrogens with one attached hydrogen (secondary N) is 1. The van der Waals surface area contributed by atoms with E-state index in [-0.39, 0.29) is 5.82 Å². The molecule has 1 aliphatic rings. The highest BCUT2D eigenvalue weighted by atomic mass is 32.2. The van der Waals surface area contributed by atoms with Crippen LogP contribution in [0.3, 0.4) is 0 Å². The quantitative estimate of drug-likeness (QED) is 0.517. The molecule has 126 valence electrons. The van der Waals surface area contributed by atoms with Crippen molar-refractivity contribution in [3.8, 4) is 33.8 Å². The molecule has 5 heteroatoms. The van der Waals surface area contributed by atoms with Gasteiger partial charge in [0.15, 0.2) is 5.75 Å². The summed E-state index contributed by atoms with van der Waals surface area (Å²) in [5, 5.41) is 0. The van der Waals surface area contributed by atoms with Crippen molar-refractivity contribution < 1.29 is 13.3 Å². The van der Waals surface area contributed by atoms with Crippen molar-refractivity contribution in [2.75, 3.05) is 7.11 Å². The molecule has 0 aliphatic carbocycles. The lowest BCUT2D eigenvalue weighted by molar-refractivity contribution is 0.415. The fourth-order valence-electron chi connectivity index (χ4n) is 2.91. The summed E-state index contributed by atoms with van der Waals surface area (Å²) < 4.78 is 28.7. The van der Waals surface area contributed by atoms with Crippen molar-refractivity contribution in [3.05, 3.63) is 72.0 Å². The van der Waals surface area contributed by atoms with Gasteiger partial charge in [-0.15, -0.1) is 0 Å². The summed E-state index contributed by atoms with van der Waals surface area (Å²) in [5.74, 6) is 1.23. The first-order chi connectivity index (χ1) is 12.3. The van der Waals surface area contributed by atoms with Gasteiger partial charge >= 0.3 is 0 Å². The van der Waals surface area contributed by atoms with E-state index in [4.69, 9.17) is 8.92 Å². The Bertz CT molecular complexity index is 912. The number of methoxy groups -OCH3 is 1. The van der Waals surface area contributed by atoms with Crippen LogP contribution in [-0.4, -0.2) is 7.11 Å². The summed E-state index contributed by atoms with van der Waals surface area (Å²) in [7, 11) is 1.62. The highest BCUT2D eigenvalue weighted by Gasteiger charge is 2.18. The van der Waals surface area contributed by atoms with Crippen molar-refractivity contribution in [2.24, 2.45) is 0 Å². The summed E-state index contributed by atoms with van der Waals surface area (Å²) in [6.45, 7) is 0.694. The Balaban J connectivity index is 1.73. The normalized spacial score (nSPS) is 13.0. The topological polar surface area (TPSA) is 30.5 Å². The van der Waals surface area contributed by atoms with Gasteiger partial charge in [-0.3, -0.25) is 0 Å². The fourth-order valence-corrected chi connectivity index (χ4v) is 3.46. The minimum Gasteiger partial charge on any atom is -0.497 e. The van der Waals surface area contributed by atoms with E-state index in [1.807, 2.05) is 48.5 Å². The average Bonchev–Trinajstić information content (AvgIpc) is 2.68. The zero-order valence-corrected chi connectivity index (χ0v) is 14.4. The van der Waals surface area contributed by atoms with Gasteiger partial charge in [0.1, 0.15) is 23.8 Å². The molecule has 4 rings (SSSR count). The third kappa shape index (κ3) is 3.08. The smallest absolute Gasteiger partial charge is 0.151 e. The van der Waals surface area contributed by atoms with Crippen LogP contribution < -0.4 is 13.6 Å². The van der Waals surface area contributed by atoms with E-state index in [2.05, 4.69) is 4.72 Å². The summed E-state index contributed by atoms with van der Waals surface area (Å²) in [4.78, 5) is 0. The van der Waals surface area contributed by atoms with Gasteiger partial charge in [-0.05, 0) is 29.3 Å². The Kier molecular flexibility index (Phi) is 4.34. The molecule has 0 aromatic heterocycles. The van der Waals surface area contributed by atoms with Crippen LogP contribution >= 0.6 is 12.2 Å². The monoisotopic (exact) mass is 353 g/mol. The number of hydrogen-bond donors (Lipinski definition) is 1. The average molecular weight is 353 g/mol. The van der Waals surface area contributed by atoms with Gasteiger partial charge in [-0.2, -0.15) is 0 Å². The molecular weight excluding hydrogens is 337 g/mol. The Hall–Kier alpha value is -2.50. The molecule has 1 heterocycles. The molecule has 0 atom stereocenters. The van der Waals surface area contributed by atoms with Crippen molar-refractivity contribution in [1.82, 2.24) is 4.72 Å². The second-order valence-corrected chi connectivity index (χ2v) is 6.33. The maximum atomic E-state index is 14.8. The van der Waals surface area contributed by atoms with Gasteiger partial charge < -0.3 is 8.92 Å². The molecule has 1 N–H and O–H groups in total. The van der Waals surface area contributed by atoms with Gasteiger partial charge in [0.05, 0.1) is 7.11 Å². The van der Waals surface area contributed by atoms with Crippen LogP contribution in [0.4, 0.5) is 4.39 Å². The molecule has 0 fully saturated rings. The number of rotatable bonds is 3. The second-order valence-electron chi connectivity index (χ2n) is 5.70. The molecule has 0 saturated carbocycles. The Morgan fingerprint density at radius 1 is 1.00 bits per heavy atom. The third-order valence-electron chi connectivity index (χ3n) is 4.23. The van der Waals surface area contributed by atoms with E-state index in [1.165, 1.54) is 12.2 Å². The van der Waals surface area contributed by atoms with Crippen LogP contribution in [0, 0.1) is 5.82 Å². The van der Waals surface area contributed by atoms with E-state index >= 15 is 0 Å². The summed E-state index contributed by atoms with van der Waals surface area (Å²) in [6.07, 6.45) is 0. The first-order valence-corrected chi connectivity index (χ1v) is 8.63. The number of ether oxygens (including phenoxy) is 1. The number of fused-ring (bicyclic) bond motifs is 1. The molecule has 0 spiro atoms. The minimum absolute atomic E-state index is 0.270. The van der Waals surface area contributed by atoms with Gasteiger partial charge in [-0.1, -0.05) is 42.5 Å². The second kappa shape index (κ2) is 6.78. The van der Waals surface area contributed by atoms with E-state index < -0.39 is 0 Å². The summed E-state index contributed by atoms with van der Waals surface area (Å²) in [5.41, 5.74) is 4.10. The molecule has 0 radical (unpaired) electrons. The highest BCUT2D eigenvalue weighted by Crippen LogP contribution is 2.39. The van der Waals surface area contributed by atoms with Crippen LogP contribution in [0.15, 0.2) is 60.7 Å². The van der Waals surface area contributed by atoms with Gasteiger partial charge in [0.25, 0.3) is 0 Å². The van der Waals surface area contributed by atoms with Crippen LogP contribution in [0.25, 0.3) is 22.3 Å². The standard InChI is InChI=1S/C20H16FNO2S/c1-23-16-8-5-13(6-9-16)14-7-10-17(19(21)11-14)18-4-2-3-15-12-22-25-24-20(15)18/h2-11,22H,12H2,1H3. The van der Waals surface area contributed by atoms with Crippen molar-refractivity contribution in [2.45, 2.75) is 6.54 Å². The molecule has 25 heavy (non-hydrogen) atoms. The van der Waals surface area contributed by atoms with Crippen molar-refractivity contribution in [3.63, 3.8) is 0 Å². The van der Waals surface area contributed by atoms with Gasteiger partial charge in [0.2, 0.25) is 0 Å². The largest absolute Gasteiger partial charge is 0.497 e. The SMILES string of the molecule is COc1ccc(-c2ccc(-c3cccc4c3OSNC4)c(F)c2)cc1. The van der Waals surface area contributed by atoms with Crippen LogP contribution in [0.1, 0.15) is 5.56 Å². The van der Waals surface area contributed by atoms with Gasteiger partial charge in [-0.25, -0.2) is 9.11 Å². The third-order valence-corrected chi connectivity index (χ3v) is 4.74. The predicted octanol–water partition coefficient (Wildman–Crippen LogP) is 5.21. The molecule has 1 aliphatic heterocycles. The van der Waals surface area contributed by atoms with Crippen LogP contribution in [-0.2, 0) is 6.54 Å². The van der Waals surface area contributed by atoms with E-state index in [0.29, 0.717) is 12.1 Å². The highest BCUT2D eigenvalue weighted by molar-refractivity contribution is 7.93. The number of halogens is 1. The maximum Gasteiger partial charge on any atom is 0.151 e. The minimum atomic E-state index is -0.270. The lowest BCUT2D eigenvalue weighted by atomic mass is 9.97. The van der Waals surface area contributed by atoms with Crippen LogP contribution in [0.5, 0.6) is 11.5 Å². The number of hydrogen-bond acceptors (Lipinski definition) is 4. The Morgan fingerprint density at radius 3 is 2.56 bits per heavy atom. The maximum absolute atomic E-state index is 14.8. The number of para-hydroxylation sites is 1. The predicted molar refractivity (Wildman–Crippen MR) is 98.9 cm³/mol. The molecule has 3 aromatic rings. The first kappa shape index (κ1) is 16.0. The molecular formula is C20H16FNO2S. The molecule has 0 saturated heterocycles. The number of benzene rings is 3. The molecule has 0 amide bonds. The Morgan fingerprint density at radius 2 is 1.80 bits per heavy atom.